The number of aryl methyl sites for hydroxylation is 1. The maximum absolute atomic E-state index is 13.1. The molecule has 1 amide bonds. The Kier molecular flexibility index (Phi) is 7.33. The number of hydrogen-bond donors (Lipinski definition) is 1. The highest BCUT2D eigenvalue weighted by atomic mass is 35.5. The van der Waals surface area contributed by atoms with Crippen LogP contribution in [-0.2, 0) is 11.2 Å². The van der Waals surface area contributed by atoms with Crippen LogP contribution in [0.3, 0.4) is 0 Å². The van der Waals surface area contributed by atoms with E-state index in [0.29, 0.717) is 24.9 Å². The van der Waals surface area contributed by atoms with E-state index in [1.807, 2.05) is 18.0 Å². The highest BCUT2D eigenvalue weighted by molar-refractivity contribution is 5.85. The molecule has 0 saturated carbocycles. The van der Waals surface area contributed by atoms with Crippen LogP contribution in [0.15, 0.2) is 54.6 Å². The van der Waals surface area contributed by atoms with E-state index in [9.17, 15) is 4.79 Å². The van der Waals surface area contributed by atoms with Gasteiger partial charge >= 0.3 is 0 Å². The van der Waals surface area contributed by atoms with E-state index in [1.54, 1.807) is 0 Å². The first-order valence-electron chi connectivity index (χ1n) is 10.5. The number of likely N-dealkylation sites (N-methyl/N-ethyl adjacent to an activating group) is 1. The van der Waals surface area contributed by atoms with E-state index in [4.69, 9.17) is 5.73 Å². The summed E-state index contributed by atoms with van der Waals surface area (Å²) in [6, 6.07) is 19.4. The van der Waals surface area contributed by atoms with Crippen molar-refractivity contribution in [1.82, 2.24) is 9.80 Å². The van der Waals surface area contributed by atoms with Crippen molar-refractivity contribution >= 4 is 18.3 Å². The summed E-state index contributed by atoms with van der Waals surface area (Å²) in [6.45, 7) is 2.95. The lowest BCUT2D eigenvalue weighted by Crippen LogP contribution is -2.40. The monoisotopic (exact) mass is 413 g/mol. The van der Waals surface area contributed by atoms with Crippen LogP contribution in [0.2, 0.25) is 0 Å². The first-order valence-corrected chi connectivity index (χ1v) is 10.5. The fourth-order valence-electron chi connectivity index (χ4n) is 5.01. The maximum Gasteiger partial charge on any atom is 0.237 e. The number of nitrogens with zero attached hydrogens (tertiary/aromatic N) is 2. The molecule has 0 bridgehead atoms. The second-order valence-electron chi connectivity index (χ2n) is 8.32. The zero-order valence-corrected chi connectivity index (χ0v) is 18.0. The number of likely N-dealkylation sites (tertiary alicyclic amines) is 1. The third-order valence-corrected chi connectivity index (χ3v) is 6.60. The Hall–Kier alpha value is -1.88. The molecule has 3 atom stereocenters. The van der Waals surface area contributed by atoms with Crippen LogP contribution in [0.4, 0.5) is 0 Å². The summed E-state index contributed by atoms with van der Waals surface area (Å²) in [4.78, 5) is 17.4. The van der Waals surface area contributed by atoms with Gasteiger partial charge in [-0.1, -0.05) is 54.6 Å². The molecule has 4 nitrogen and oxygen atoms in total. The molecule has 1 fully saturated rings. The molecule has 0 spiro atoms. The summed E-state index contributed by atoms with van der Waals surface area (Å²) < 4.78 is 0. The fourth-order valence-corrected chi connectivity index (χ4v) is 5.01. The van der Waals surface area contributed by atoms with Crippen molar-refractivity contribution in [3.63, 3.8) is 0 Å². The predicted molar refractivity (Wildman–Crippen MR) is 120 cm³/mol. The molecular formula is C24H32ClN3O. The molecule has 29 heavy (non-hydrogen) atoms. The Labute approximate surface area is 180 Å². The predicted octanol–water partition coefficient (Wildman–Crippen LogP) is 3.62. The van der Waals surface area contributed by atoms with Crippen molar-refractivity contribution in [3.05, 3.63) is 71.3 Å². The van der Waals surface area contributed by atoms with E-state index in [-0.39, 0.29) is 24.4 Å². The molecular weight excluding hydrogens is 382 g/mol. The SMILES string of the molecule is CN(C(=O)CN1C[C@@H](CN)[C@H](c2ccccc2)C1)C1CCCc2ccccc21.Cl. The second-order valence-corrected chi connectivity index (χ2v) is 8.32. The van der Waals surface area contributed by atoms with E-state index >= 15 is 0 Å². The molecule has 1 saturated heterocycles. The number of carbonyl (C=O) groups excluding carboxylic acids is 1. The normalized spacial score (nSPS) is 23.9. The van der Waals surface area contributed by atoms with E-state index < -0.39 is 0 Å². The lowest BCUT2D eigenvalue weighted by atomic mass is 9.87. The van der Waals surface area contributed by atoms with E-state index in [2.05, 4.69) is 53.4 Å². The molecule has 156 valence electrons. The summed E-state index contributed by atoms with van der Waals surface area (Å²) >= 11 is 0. The van der Waals surface area contributed by atoms with E-state index in [0.717, 1.165) is 32.4 Å². The third kappa shape index (κ3) is 4.66. The van der Waals surface area contributed by atoms with Gasteiger partial charge in [-0.05, 0) is 48.4 Å². The number of nitrogens with two attached hydrogens (primary N) is 1. The minimum Gasteiger partial charge on any atom is -0.338 e. The van der Waals surface area contributed by atoms with Crippen molar-refractivity contribution in [3.8, 4) is 0 Å². The number of halogens is 1. The molecule has 2 N–H and O–H groups in total. The smallest absolute Gasteiger partial charge is 0.237 e. The number of benzene rings is 2. The average molecular weight is 414 g/mol. The molecule has 2 aromatic rings. The van der Waals surface area contributed by atoms with Crippen LogP contribution < -0.4 is 5.73 Å². The lowest BCUT2D eigenvalue weighted by molar-refractivity contribution is -0.133. The van der Waals surface area contributed by atoms with Crippen molar-refractivity contribution < 1.29 is 4.79 Å². The zero-order valence-electron chi connectivity index (χ0n) is 17.2. The summed E-state index contributed by atoms with van der Waals surface area (Å²) in [6.07, 6.45) is 3.32. The van der Waals surface area contributed by atoms with Gasteiger partial charge in [0.2, 0.25) is 5.91 Å². The van der Waals surface area contributed by atoms with Gasteiger partial charge in [0.1, 0.15) is 0 Å². The lowest BCUT2D eigenvalue weighted by Gasteiger charge is -2.34. The van der Waals surface area contributed by atoms with Crippen LogP contribution in [0.25, 0.3) is 0 Å². The summed E-state index contributed by atoms with van der Waals surface area (Å²) in [7, 11) is 1.97. The van der Waals surface area contributed by atoms with Crippen LogP contribution in [-0.4, -0.2) is 48.9 Å². The average Bonchev–Trinajstić information content (AvgIpc) is 3.16. The van der Waals surface area contributed by atoms with Crippen molar-refractivity contribution in [2.24, 2.45) is 11.7 Å². The van der Waals surface area contributed by atoms with Gasteiger partial charge in [-0.2, -0.15) is 0 Å². The van der Waals surface area contributed by atoms with Gasteiger partial charge in [0, 0.05) is 26.1 Å². The largest absolute Gasteiger partial charge is 0.338 e. The van der Waals surface area contributed by atoms with Gasteiger partial charge < -0.3 is 10.6 Å². The van der Waals surface area contributed by atoms with Crippen molar-refractivity contribution in [2.45, 2.75) is 31.2 Å². The Balaban J connectivity index is 0.00000240. The van der Waals surface area contributed by atoms with Gasteiger partial charge in [0.05, 0.1) is 12.6 Å². The Morgan fingerprint density at radius 3 is 2.59 bits per heavy atom. The molecule has 0 aromatic heterocycles. The van der Waals surface area contributed by atoms with Crippen LogP contribution in [0, 0.1) is 5.92 Å². The van der Waals surface area contributed by atoms with Gasteiger partial charge in [-0.25, -0.2) is 0 Å². The standard InChI is InChI=1S/C24H31N3O.ClH/c1-26(23-13-7-11-18-10-5-6-12-21(18)23)24(28)17-27-15-20(14-25)22(16-27)19-8-3-2-4-9-19;/h2-6,8-10,12,20,22-23H,7,11,13-17,25H2,1H3;1H/t20-,22+,23?;/m1./s1. The molecule has 4 rings (SSSR count). The number of fused-ring (bicyclic) bond motifs is 1. The maximum atomic E-state index is 13.1. The quantitative estimate of drug-likeness (QED) is 0.814. The molecule has 1 heterocycles. The van der Waals surface area contributed by atoms with Crippen molar-refractivity contribution in [2.75, 3.05) is 33.2 Å². The highest BCUT2D eigenvalue weighted by Crippen LogP contribution is 2.35. The van der Waals surface area contributed by atoms with Gasteiger partial charge in [-0.3, -0.25) is 9.69 Å². The minimum absolute atomic E-state index is 0. The Morgan fingerprint density at radius 2 is 1.83 bits per heavy atom. The van der Waals surface area contributed by atoms with Gasteiger partial charge in [0.15, 0.2) is 0 Å². The molecule has 2 aliphatic rings. The number of amides is 1. The van der Waals surface area contributed by atoms with Crippen molar-refractivity contribution in [1.29, 1.82) is 0 Å². The number of rotatable bonds is 5. The van der Waals surface area contributed by atoms with Crippen LogP contribution >= 0.6 is 12.4 Å². The summed E-state index contributed by atoms with van der Waals surface area (Å²) in [5.41, 5.74) is 10.1. The minimum atomic E-state index is 0. The fraction of sp³-hybridized carbons (Fsp3) is 0.458. The van der Waals surface area contributed by atoms with Gasteiger partial charge in [-0.15, -0.1) is 12.4 Å². The van der Waals surface area contributed by atoms with Crippen LogP contribution in [0.1, 0.15) is 41.5 Å². The zero-order chi connectivity index (χ0) is 19.5. The second kappa shape index (κ2) is 9.75. The summed E-state index contributed by atoms with van der Waals surface area (Å²) in [5, 5.41) is 0. The van der Waals surface area contributed by atoms with Crippen LogP contribution in [0.5, 0.6) is 0 Å². The first-order chi connectivity index (χ1) is 13.7. The Bertz CT molecular complexity index is 813. The molecule has 1 aliphatic heterocycles. The van der Waals surface area contributed by atoms with E-state index in [1.165, 1.54) is 16.7 Å². The topological polar surface area (TPSA) is 49.6 Å². The molecule has 2 aromatic carbocycles. The first kappa shape index (κ1) is 21.8. The molecule has 1 aliphatic carbocycles. The molecule has 1 unspecified atom stereocenters. The Morgan fingerprint density at radius 1 is 1.10 bits per heavy atom. The molecule has 0 radical (unpaired) electrons. The number of hydrogen-bond acceptors (Lipinski definition) is 3. The molecule has 5 heteroatoms. The summed E-state index contributed by atoms with van der Waals surface area (Å²) in [5.74, 6) is 1.04. The number of carbonyl (C=O) groups is 1. The third-order valence-electron chi connectivity index (χ3n) is 6.60. The highest BCUT2D eigenvalue weighted by Gasteiger charge is 2.35. The van der Waals surface area contributed by atoms with Gasteiger partial charge in [0.25, 0.3) is 0 Å².